The van der Waals surface area contributed by atoms with Gasteiger partial charge >= 0.3 is 0 Å². The van der Waals surface area contributed by atoms with Crippen molar-refractivity contribution in [2.75, 3.05) is 0 Å². The molecule has 1 saturated carbocycles. The maximum atomic E-state index is 2.73. The van der Waals surface area contributed by atoms with Crippen molar-refractivity contribution in [3.05, 3.63) is 11.4 Å². The highest BCUT2D eigenvalue weighted by Gasteiger charge is 2.36. The van der Waals surface area contributed by atoms with E-state index >= 15 is 0 Å². The molecule has 0 nitrogen and oxygen atoms in total. The van der Waals surface area contributed by atoms with Gasteiger partial charge in [0, 0.05) is 0 Å². The molecule has 0 aromatic heterocycles. The van der Waals surface area contributed by atoms with Crippen molar-refractivity contribution in [1.82, 2.24) is 0 Å². The van der Waals surface area contributed by atoms with E-state index in [9.17, 15) is 0 Å². The lowest BCUT2D eigenvalue weighted by Crippen LogP contribution is -2.26. The zero-order valence-electron chi connectivity index (χ0n) is 15.1. The highest BCUT2D eigenvalue weighted by atomic mass is 31.1. The minimum absolute atomic E-state index is 0.0758. The lowest BCUT2D eigenvalue weighted by atomic mass is 9.89. The summed E-state index contributed by atoms with van der Waals surface area (Å²) in [5.74, 6) is 0.875. The summed E-state index contributed by atoms with van der Waals surface area (Å²) < 4.78 is 0. The third kappa shape index (κ3) is 5.51. The van der Waals surface area contributed by atoms with E-state index in [2.05, 4.69) is 54.5 Å². The van der Waals surface area contributed by atoms with Crippen molar-refractivity contribution in [2.24, 2.45) is 5.92 Å². The van der Waals surface area contributed by atoms with E-state index < -0.39 is 0 Å². The van der Waals surface area contributed by atoms with Crippen molar-refractivity contribution in [1.29, 1.82) is 0 Å². The third-order valence-electron chi connectivity index (χ3n) is 4.21. The molecule has 118 valence electrons. The monoisotopic (exact) mass is 296 g/mol. The molecule has 1 rings (SSSR count). The van der Waals surface area contributed by atoms with Crippen LogP contribution in [0.25, 0.3) is 0 Å². The van der Waals surface area contributed by atoms with E-state index in [-0.39, 0.29) is 7.92 Å². The molecule has 0 heterocycles. The second kappa shape index (κ2) is 7.44. The number of hydrogen-bond donors (Lipinski definition) is 0. The molecule has 20 heavy (non-hydrogen) atoms. The molecular formula is C19H37P. The molecular weight excluding hydrogens is 259 g/mol. The van der Waals surface area contributed by atoms with Crippen LogP contribution in [-0.4, -0.2) is 10.3 Å². The van der Waals surface area contributed by atoms with Gasteiger partial charge in [0.15, 0.2) is 0 Å². The van der Waals surface area contributed by atoms with Gasteiger partial charge in [-0.15, -0.1) is 0 Å². The molecule has 0 atom stereocenters. The van der Waals surface area contributed by atoms with Gasteiger partial charge in [-0.3, -0.25) is 0 Å². The summed E-state index contributed by atoms with van der Waals surface area (Å²) in [6.07, 6.45) is 12.6. The average molecular weight is 296 g/mol. The number of rotatable bonds is 4. The minimum atomic E-state index is -0.0758. The smallest absolute Gasteiger partial charge is 0.0138 e. The van der Waals surface area contributed by atoms with Gasteiger partial charge in [0.25, 0.3) is 0 Å². The Morgan fingerprint density at radius 1 is 0.950 bits per heavy atom. The van der Waals surface area contributed by atoms with Gasteiger partial charge in [0.2, 0.25) is 0 Å². The Kier molecular flexibility index (Phi) is 6.78. The van der Waals surface area contributed by atoms with Gasteiger partial charge in [-0.2, -0.15) is 0 Å². The van der Waals surface area contributed by atoms with Crippen LogP contribution in [0.3, 0.4) is 0 Å². The van der Waals surface area contributed by atoms with Crippen molar-refractivity contribution in [2.45, 2.75) is 104 Å². The van der Waals surface area contributed by atoms with E-state index in [1.165, 1.54) is 44.9 Å². The fraction of sp³-hybridized carbons (Fsp3) is 0.895. The average Bonchev–Trinajstić information content (AvgIpc) is 2.26. The molecule has 0 amide bonds. The summed E-state index contributed by atoms with van der Waals surface area (Å²) in [6.45, 7) is 17.1. The van der Waals surface area contributed by atoms with Crippen molar-refractivity contribution < 1.29 is 0 Å². The molecule has 0 radical (unpaired) electrons. The predicted octanol–water partition coefficient (Wildman–Crippen LogP) is 7.33. The predicted molar refractivity (Wildman–Crippen MR) is 96.0 cm³/mol. The first-order chi connectivity index (χ1) is 9.16. The molecule has 0 aliphatic heterocycles. The summed E-state index contributed by atoms with van der Waals surface area (Å²) in [7, 11) is -0.0758. The van der Waals surface area contributed by atoms with Crippen molar-refractivity contribution in [3.63, 3.8) is 0 Å². The van der Waals surface area contributed by atoms with Gasteiger partial charge in [-0.1, -0.05) is 88.1 Å². The SMILES string of the molecule is CCC/C(=C\C1CCCCC1)P(C(C)(C)C)C(C)(C)C. The van der Waals surface area contributed by atoms with Gasteiger partial charge in [0.05, 0.1) is 0 Å². The largest absolute Gasteiger partial charge is 0.0777 e. The Hall–Kier alpha value is 0.170. The van der Waals surface area contributed by atoms with E-state index in [0.717, 1.165) is 5.92 Å². The Morgan fingerprint density at radius 3 is 1.85 bits per heavy atom. The summed E-state index contributed by atoms with van der Waals surface area (Å²) in [6, 6.07) is 0. The van der Waals surface area contributed by atoms with Gasteiger partial charge in [-0.25, -0.2) is 0 Å². The van der Waals surface area contributed by atoms with Crippen LogP contribution < -0.4 is 0 Å². The molecule has 0 saturated heterocycles. The molecule has 1 heteroatoms. The van der Waals surface area contributed by atoms with Gasteiger partial charge in [-0.05, 0) is 40.8 Å². The molecule has 0 unspecified atom stereocenters. The highest BCUT2D eigenvalue weighted by molar-refractivity contribution is 7.65. The van der Waals surface area contributed by atoms with Crippen LogP contribution >= 0.6 is 7.92 Å². The maximum absolute atomic E-state index is 2.73. The normalized spacial score (nSPS) is 19.7. The molecule has 0 bridgehead atoms. The third-order valence-corrected chi connectivity index (χ3v) is 7.84. The van der Waals surface area contributed by atoms with Crippen LogP contribution in [0.1, 0.15) is 93.4 Å². The summed E-state index contributed by atoms with van der Waals surface area (Å²) in [5.41, 5.74) is 0. The van der Waals surface area contributed by atoms with E-state index in [1.54, 1.807) is 0 Å². The fourth-order valence-corrected chi connectivity index (χ4v) is 8.51. The van der Waals surface area contributed by atoms with Crippen LogP contribution in [0.15, 0.2) is 11.4 Å². The summed E-state index contributed by atoms with van der Waals surface area (Å²) in [4.78, 5) is 0. The van der Waals surface area contributed by atoms with Crippen LogP contribution in [0, 0.1) is 5.92 Å². The van der Waals surface area contributed by atoms with E-state index in [1.807, 2.05) is 5.31 Å². The van der Waals surface area contributed by atoms with E-state index in [4.69, 9.17) is 0 Å². The maximum Gasteiger partial charge on any atom is -0.0138 e. The minimum Gasteiger partial charge on any atom is -0.0777 e. The van der Waals surface area contributed by atoms with Crippen LogP contribution in [-0.2, 0) is 0 Å². The highest BCUT2D eigenvalue weighted by Crippen LogP contribution is 2.66. The Balaban J connectivity index is 3.04. The standard InChI is InChI=1S/C19H37P/c1-8-12-17(15-16-13-10-9-11-14-16)20(18(2,3)4)19(5,6)7/h15-16H,8-14H2,1-7H3/b17-15+. The second-order valence-corrected chi connectivity index (χ2v) is 12.4. The van der Waals surface area contributed by atoms with Crippen LogP contribution in [0.2, 0.25) is 0 Å². The Labute approximate surface area is 129 Å². The summed E-state index contributed by atoms with van der Waals surface area (Å²) >= 11 is 0. The van der Waals surface area contributed by atoms with Crippen molar-refractivity contribution >= 4 is 7.92 Å². The topological polar surface area (TPSA) is 0 Å². The zero-order chi connectivity index (χ0) is 15.4. The van der Waals surface area contributed by atoms with Crippen molar-refractivity contribution in [3.8, 4) is 0 Å². The zero-order valence-corrected chi connectivity index (χ0v) is 15.9. The Bertz CT molecular complexity index is 294. The molecule has 0 aromatic carbocycles. The lowest BCUT2D eigenvalue weighted by Gasteiger charge is -2.43. The van der Waals surface area contributed by atoms with Gasteiger partial charge < -0.3 is 0 Å². The van der Waals surface area contributed by atoms with Crippen LogP contribution in [0.5, 0.6) is 0 Å². The summed E-state index contributed by atoms with van der Waals surface area (Å²) in [5, 5.41) is 2.65. The molecule has 1 aliphatic carbocycles. The van der Waals surface area contributed by atoms with Crippen LogP contribution in [0.4, 0.5) is 0 Å². The first-order valence-corrected chi connectivity index (χ1v) is 10.0. The number of allylic oxidation sites excluding steroid dienone is 2. The van der Waals surface area contributed by atoms with E-state index in [0.29, 0.717) is 10.3 Å². The Morgan fingerprint density at radius 2 is 1.45 bits per heavy atom. The fourth-order valence-electron chi connectivity index (χ4n) is 3.97. The van der Waals surface area contributed by atoms with Gasteiger partial charge in [0.1, 0.15) is 0 Å². The molecule has 1 aliphatic rings. The molecule has 0 spiro atoms. The molecule has 1 fully saturated rings. The first-order valence-electron chi connectivity index (χ1n) is 8.67. The first kappa shape index (κ1) is 18.2. The lowest BCUT2D eigenvalue weighted by molar-refractivity contribution is 0.418. The quantitative estimate of drug-likeness (QED) is 0.476. The number of hydrogen-bond acceptors (Lipinski definition) is 0. The molecule has 0 N–H and O–H groups in total. The molecule has 0 aromatic rings. The second-order valence-electron chi connectivity index (χ2n) is 8.48.